The number of carbonyl (C=O) groups is 1. The van der Waals surface area contributed by atoms with Crippen molar-refractivity contribution in [2.45, 2.75) is 88.6 Å². The molecule has 2 aliphatic rings. The molecule has 1 amide bonds. The van der Waals surface area contributed by atoms with E-state index in [0.29, 0.717) is 6.54 Å². The molecule has 3 heterocycles. The molecular weight excluding hydrogens is 402 g/mol. The number of carbonyl (C=O) groups excluding carboxylic acids is 1. The molecule has 158 valence electrons. The molecule has 5 nitrogen and oxygen atoms in total. The van der Waals surface area contributed by atoms with Crippen molar-refractivity contribution in [1.29, 1.82) is 0 Å². The monoisotopic (exact) mass is 433 g/mol. The molecule has 4 rings (SSSR count). The van der Waals surface area contributed by atoms with E-state index < -0.39 is 0 Å². The van der Waals surface area contributed by atoms with Gasteiger partial charge in [0.15, 0.2) is 5.16 Å². The van der Waals surface area contributed by atoms with Crippen LogP contribution in [0.4, 0.5) is 0 Å². The quantitative estimate of drug-likeness (QED) is 0.346. The summed E-state index contributed by atoms with van der Waals surface area (Å²) in [6, 6.07) is 0. The molecule has 2 aromatic heterocycles. The first-order valence-corrected chi connectivity index (χ1v) is 12.8. The van der Waals surface area contributed by atoms with Crippen LogP contribution in [0.2, 0.25) is 0 Å². The van der Waals surface area contributed by atoms with Gasteiger partial charge in [-0.25, -0.2) is 4.98 Å². The van der Waals surface area contributed by atoms with E-state index in [1.165, 1.54) is 35.0 Å². The topological polar surface area (TPSA) is 55.2 Å². The highest BCUT2D eigenvalue weighted by Crippen LogP contribution is 2.36. The summed E-state index contributed by atoms with van der Waals surface area (Å²) in [4.78, 5) is 35.4. The number of hydrogen-bond acceptors (Lipinski definition) is 5. The Balaban J connectivity index is 1.65. The third-order valence-corrected chi connectivity index (χ3v) is 8.34. The molecule has 0 spiro atoms. The van der Waals surface area contributed by atoms with E-state index in [1.54, 1.807) is 11.3 Å². The Kier molecular flexibility index (Phi) is 6.64. The lowest BCUT2D eigenvalue weighted by atomic mass is 10.2. The number of fused-ring (bicyclic) bond motifs is 3. The van der Waals surface area contributed by atoms with E-state index in [1.807, 2.05) is 16.4 Å². The van der Waals surface area contributed by atoms with Crippen molar-refractivity contribution in [3.63, 3.8) is 0 Å². The minimum absolute atomic E-state index is 0.106. The first-order chi connectivity index (χ1) is 14.1. The maximum atomic E-state index is 13.5. The number of aromatic nitrogens is 2. The molecule has 2 aromatic rings. The first kappa shape index (κ1) is 20.9. The molecule has 1 aliphatic heterocycles. The second-order valence-corrected chi connectivity index (χ2v) is 10.6. The average molecular weight is 434 g/mol. The minimum Gasteiger partial charge on any atom is -0.342 e. The molecule has 1 unspecified atom stereocenters. The summed E-state index contributed by atoms with van der Waals surface area (Å²) in [6.45, 7) is 6.56. The molecule has 1 aliphatic carbocycles. The van der Waals surface area contributed by atoms with Crippen molar-refractivity contribution in [1.82, 2.24) is 14.5 Å². The smallest absolute Gasteiger partial charge is 0.263 e. The van der Waals surface area contributed by atoms with Gasteiger partial charge in [0.1, 0.15) is 4.83 Å². The van der Waals surface area contributed by atoms with Crippen molar-refractivity contribution in [2.24, 2.45) is 0 Å². The number of hydrogen-bond donors (Lipinski definition) is 0. The Morgan fingerprint density at radius 2 is 1.97 bits per heavy atom. The lowest BCUT2D eigenvalue weighted by molar-refractivity contribution is -0.129. The molecule has 0 aromatic carbocycles. The third kappa shape index (κ3) is 4.26. The molecule has 1 fully saturated rings. The van der Waals surface area contributed by atoms with Gasteiger partial charge < -0.3 is 4.90 Å². The zero-order chi connectivity index (χ0) is 20.4. The van der Waals surface area contributed by atoms with Gasteiger partial charge >= 0.3 is 0 Å². The summed E-state index contributed by atoms with van der Waals surface area (Å²) in [5.41, 5.74) is 1.34. The Morgan fingerprint density at radius 3 is 2.72 bits per heavy atom. The first-order valence-electron chi connectivity index (χ1n) is 11.1. The maximum Gasteiger partial charge on any atom is 0.263 e. The highest BCUT2D eigenvalue weighted by atomic mass is 32.2. The van der Waals surface area contributed by atoms with E-state index in [9.17, 15) is 9.59 Å². The number of nitrogens with zero attached hydrogens (tertiary/aromatic N) is 3. The fraction of sp³-hybridized carbons (Fsp3) is 0.682. The predicted octanol–water partition coefficient (Wildman–Crippen LogP) is 4.63. The van der Waals surface area contributed by atoms with Crippen LogP contribution in [0.25, 0.3) is 10.2 Å². The van der Waals surface area contributed by atoms with Crippen LogP contribution in [-0.4, -0.2) is 38.7 Å². The molecule has 7 heteroatoms. The Hall–Kier alpha value is -1.34. The number of rotatable bonds is 8. The molecule has 0 N–H and O–H groups in total. The summed E-state index contributed by atoms with van der Waals surface area (Å²) >= 11 is 3.15. The van der Waals surface area contributed by atoms with Gasteiger partial charge in [0, 0.05) is 24.5 Å². The Bertz CT molecular complexity index is 944. The fourth-order valence-electron chi connectivity index (χ4n) is 4.45. The zero-order valence-corrected chi connectivity index (χ0v) is 19.2. The van der Waals surface area contributed by atoms with E-state index in [-0.39, 0.29) is 16.7 Å². The average Bonchev–Trinajstić information content (AvgIpc) is 3.43. The van der Waals surface area contributed by atoms with Gasteiger partial charge in [-0.15, -0.1) is 11.3 Å². The summed E-state index contributed by atoms with van der Waals surface area (Å²) < 4.78 is 1.86. The lowest BCUT2D eigenvalue weighted by Gasteiger charge is -2.21. The standard InChI is InChI=1S/C22H31N3O2S2/c1-3-4-5-6-14-25-21(27)18-16-10-9-11-17(16)29-19(18)23-22(25)28-15(2)20(26)24-12-7-8-13-24/h15H,3-14H2,1-2H3. The van der Waals surface area contributed by atoms with Gasteiger partial charge in [-0.3, -0.25) is 14.2 Å². The fourth-order valence-corrected chi connectivity index (χ4v) is 6.77. The Labute approximate surface area is 180 Å². The normalized spacial score (nSPS) is 17.2. The lowest BCUT2D eigenvalue weighted by Crippen LogP contribution is -2.34. The summed E-state index contributed by atoms with van der Waals surface area (Å²) in [6.07, 6.45) is 9.86. The number of aryl methyl sites for hydroxylation is 2. The summed E-state index contributed by atoms with van der Waals surface area (Å²) in [5, 5.41) is 1.35. The van der Waals surface area contributed by atoms with E-state index in [0.717, 1.165) is 73.4 Å². The van der Waals surface area contributed by atoms with E-state index in [2.05, 4.69) is 6.92 Å². The highest BCUT2D eigenvalue weighted by Gasteiger charge is 2.27. The highest BCUT2D eigenvalue weighted by molar-refractivity contribution is 8.00. The van der Waals surface area contributed by atoms with E-state index >= 15 is 0 Å². The number of likely N-dealkylation sites (tertiary alicyclic amines) is 1. The van der Waals surface area contributed by atoms with Gasteiger partial charge in [-0.2, -0.15) is 0 Å². The second kappa shape index (κ2) is 9.21. The van der Waals surface area contributed by atoms with E-state index in [4.69, 9.17) is 4.98 Å². The molecular formula is C22H31N3O2S2. The van der Waals surface area contributed by atoms with Crippen LogP contribution in [0.5, 0.6) is 0 Å². The van der Waals surface area contributed by atoms with Crippen LogP contribution in [0.3, 0.4) is 0 Å². The number of thiophene rings is 1. The molecule has 0 saturated carbocycles. The van der Waals surface area contributed by atoms with Gasteiger partial charge in [-0.1, -0.05) is 37.9 Å². The third-order valence-electron chi connectivity index (χ3n) is 6.07. The van der Waals surface area contributed by atoms with Crippen molar-refractivity contribution >= 4 is 39.2 Å². The van der Waals surface area contributed by atoms with Crippen molar-refractivity contribution in [3.8, 4) is 0 Å². The van der Waals surface area contributed by atoms with Gasteiger partial charge in [0.2, 0.25) is 5.91 Å². The number of amides is 1. The van der Waals surface area contributed by atoms with Gasteiger partial charge in [0.25, 0.3) is 5.56 Å². The zero-order valence-electron chi connectivity index (χ0n) is 17.5. The molecule has 0 bridgehead atoms. The van der Waals surface area contributed by atoms with Crippen LogP contribution in [0.15, 0.2) is 9.95 Å². The van der Waals surface area contributed by atoms with Crippen molar-refractivity contribution in [2.75, 3.05) is 13.1 Å². The van der Waals surface area contributed by atoms with Crippen molar-refractivity contribution < 1.29 is 4.79 Å². The number of unbranched alkanes of at least 4 members (excludes halogenated alkanes) is 3. The molecule has 29 heavy (non-hydrogen) atoms. The van der Waals surface area contributed by atoms with Crippen LogP contribution in [0.1, 0.15) is 69.2 Å². The van der Waals surface area contributed by atoms with Crippen LogP contribution in [-0.2, 0) is 24.2 Å². The number of thioether (sulfide) groups is 1. The molecule has 1 atom stereocenters. The second-order valence-electron chi connectivity index (χ2n) is 8.24. The maximum absolute atomic E-state index is 13.5. The minimum atomic E-state index is -0.217. The van der Waals surface area contributed by atoms with Crippen LogP contribution < -0.4 is 5.56 Å². The largest absolute Gasteiger partial charge is 0.342 e. The predicted molar refractivity (Wildman–Crippen MR) is 121 cm³/mol. The van der Waals surface area contributed by atoms with Crippen LogP contribution in [0, 0.1) is 0 Å². The van der Waals surface area contributed by atoms with Crippen molar-refractivity contribution in [3.05, 3.63) is 20.8 Å². The SMILES string of the molecule is CCCCCCn1c(SC(C)C(=O)N2CCCC2)nc2sc3c(c2c1=O)CCC3. The van der Waals surface area contributed by atoms with Crippen LogP contribution >= 0.6 is 23.1 Å². The molecule has 0 radical (unpaired) electrons. The summed E-state index contributed by atoms with van der Waals surface area (Å²) in [5.74, 6) is 0.174. The Morgan fingerprint density at radius 1 is 1.17 bits per heavy atom. The molecule has 1 saturated heterocycles. The van der Waals surface area contributed by atoms with Gasteiger partial charge in [0.05, 0.1) is 10.6 Å². The van der Waals surface area contributed by atoms with Gasteiger partial charge in [-0.05, 0) is 51.0 Å². The summed E-state index contributed by atoms with van der Waals surface area (Å²) in [7, 11) is 0.